The van der Waals surface area contributed by atoms with Gasteiger partial charge >= 0.3 is 5.97 Å². The van der Waals surface area contributed by atoms with Gasteiger partial charge in [-0.2, -0.15) is 4.98 Å². The normalized spacial score (nSPS) is 14.6. The van der Waals surface area contributed by atoms with Crippen LogP contribution in [0.2, 0.25) is 0 Å². The Morgan fingerprint density at radius 3 is 1.96 bits per heavy atom. The molecule has 5 N–H and O–H groups in total. The third-order valence-corrected chi connectivity index (χ3v) is 11.4. The van der Waals surface area contributed by atoms with E-state index >= 15 is 0 Å². The molecule has 69 heavy (non-hydrogen) atoms. The average Bonchev–Trinajstić information content (AvgIpc) is 3.33. The fourth-order valence-electron chi connectivity index (χ4n) is 7.70. The van der Waals surface area contributed by atoms with Crippen LogP contribution in [0.15, 0.2) is 125 Å². The number of benzene rings is 4. The Hall–Kier alpha value is -9.07. The van der Waals surface area contributed by atoms with Crippen molar-refractivity contribution in [1.29, 1.82) is 0 Å². The largest absolute Gasteiger partial charge is 0.481 e. The number of ketones is 2. The molecule has 7 rings (SSSR count). The number of carboxylic acids is 1. The summed E-state index contributed by atoms with van der Waals surface area (Å²) >= 11 is 0. The summed E-state index contributed by atoms with van der Waals surface area (Å²) in [6.45, 7) is -0.402. The Labute approximate surface area is 391 Å². The van der Waals surface area contributed by atoms with Crippen molar-refractivity contribution in [1.82, 2.24) is 30.2 Å². The van der Waals surface area contributed by atoms with Gasteiger partial charge in [-0.1, -0.05) is 54.6 Å². The zero-order valence-electron chi connectivity index (χ0n) is 36.6. The summed E-state index contributed by atoms with van der Waals surface area (Å²) in [7, 11) is 0. The van der Waals surface area contributed by atoms with Crippen LogP contribution < -0.4 is 16.6 Å². The van der Waals surface area contributed by atoms with Crippen molar-refractivity contribution < 1.29 is 38.9 Å². The Kier molecular flexibility index (Phi) is 14.9. The van der Waals surface area contributed by atoms with Crippen molar-refractivity contribution in [3.05, 3.63) is 185 Å². The van der Waals surface area contributed by atoms with E-state index in [1.807, 2.05) is 0 Å². The molecule has 20 heteroatoms. The van der Waals surface area contributed by atoms with Crippen molar-refractivity contribution in [2.24, 2.45) is 5.92 Å². The molecule has 1 aliphatic rings. The number of carbonyl (C=O) groups excluding carboxylic acids is 4. The number of Topliss-reactive ketones (excluding diaryl/α,β-unsaturated/α-hetero) is 2. The first-order valence-electron chi connectivity index (χ1n) is 21.5. The highest BCUT2D eigenvalue weighted by Gasteiger charge is 2.34. The number of H-pyrrole nitrogens is 1. The molecule has 2 atom stereocenters. The predicted octanol–water partition coefficient (Wildman–Crippen LogP) is 5.26. The minimum atomic E-state index is -1.28. The van der Waals surface area contributed by atoms with Gasteiger partial charge in [0, 0.05) is 79.5 Å². The Morgan fingerprint density at radius 2 is 1.39 bits per heavy atom. The zero-order valence-corrected chi connectivity index (χ0v) is 36.6. The second-order valence-electron chi connectivity index (χ2n) is 16.3. The number of rotatable bonds is 18. The maximum Gasteiger partial charge on any atom is 0.306 e. The van der Waals surface area contributed by atoms with E-state index in [1.165, 1.54) is 71.8 Å². The Balaban J connectivity index is 1.03. The van der Waals surface area contributed by atoms with E-state index < -0.39 is 63.1 Å². The van der Waals surface area contributed by atoms with Crippen LogP contribution in [-0.4, -0.2) is 88.3 Å². The van der Waals surface area contributed by atoms with E-state index in [0.29, 0.717) is 35.2 Å². The van der Waals surface area contributed by atoms with Crippen LogP contribution in [0.3, 0.4) is 0 Å². The summed E-state index contributed by atoms with van der Waals surface area (Å²) in [5, 5.41) is 35.4. The number of hydrogen-bond donors (Lipinski definition) is 4. The number of fused-ring (bicyclic) bond motifs is 1. The fraction of sp³-hybridized carbons (Fsp3) is 0.204. The second kappa shape index (κ2) is 21.5. The number of nitro groups is 2. The lowest BCUT2D eigenvalue weighted by atomic mass is 9.92. The van der Waals surface area contributed by atoms with E-state index in [2.05, 4.69) is 25.3 Å². The summed E-state index contributed by atoms with van der Waals surface area (Å²) in [6.07, 6.45) is 4.49. The molecule has 1 saturated heterocycles. The van der Waals surface area contributed by atoms with Gasteiger partial charge in [0.2, 0.25) is 17.8 Å². The van der Waals surface area contributed by atoms with Crippen LogP contribution in [-0.2, 0) is 38.4 Å². The van der Waals surface area contributed by atoms with Crippen molar-refractivity contribution in [2.45, 2.75) is 44.6 Å². The molecule has 0 aliphatic carbocycles. The predicted molar refractivity (Wildman–Crippen MR) is 251 cm³/mol. The maximum atomic E-state index is 14.6. The zero-order chi connectivity index (χ0) is 49.2. The van der Waals surface area contributed by atoms with Gasteiger partial charge in [0.1, 0.15) is 6.04 Å². The number of aliphatic carboxylic acids is 1. The van der Waals surface area contributed by atoms with E-state index in [-0.39, 0.29) is 77.5 Å². The van der Waals surface area contributed by atoms with Crippen molar-refractivity contribution in [2.75, 3.05) is 18.8 Å². The number of non-ortho nitro benzene ring substituents is 2. The standard InChI is InChI=1S/C49H43N9O11/c50-49-54-45-43(46(62)55-49)51-26-37(52-45)16-8-29-6-13-33(14-7-29)41(59)25-34(48(64)65)15-21-42(60)53-40(24-30-4-2-1-3-5-30)47(63)56-27-35(22-31-9-17-38(18-10-31)57(66)67)44(61)36(28-56)23-32-11-19-39(20-12-32)58(68)69/h1-7,9-14,17-20,22-23,26,34,40H,8,15-16,21,24-25,27-28H2,(H,53,60)(H,64,65)(H3,50,52,54,55,62)/b35-22+,36-23+/t34-,40+/m0/s1. The van der Waals surface area contributed by atoms with Crippen LogP contribution in [0.1, 0.15) is 57.6 Å². The first kappa shape index (κ1) is 47.9. The van der Waals surface area contributed by atoms with Crippen LogP contribution in [0.25, 0.3) is 23.3 Å². The lowest BCUT2D eigenvalue weighted by Gasteiger charge is -2.33. The van der Waals surface area contributed by atoms with Crippen LogP contribution >= 0.6 is 0 Å². The molecule has 0 saturated carbocycles. The quantitative estimate of drug-likeness (QED) is 0.0370. The second-order valence-corrected chi connectivity index (χ2v) is 16.3. The lowest BCUT2D eigenvalue weighted by molar-refractivity contribution is -0.385. The minimum absolute atomic E-state index is 0.0264. The average molecular weight is 934 g/mol. The summed E-state index contributed by atoms with van der Waals surface area (Å²) in [6, 6.07) is 25.2. The number of piperidine rings is 1. The Morgan fingerprint density at radius 1 is 0.797 bits per heavy atom. The van der Waals surface area contributed by atoms with Crippen LogP contribution in [0.4, 0.5) is 17.3 Å². The number of nitrogens with zero attached hydrogens (tertiary/aromatic N) is 6. The van der Waals surface area contributed by atoms with Gasteiger partial charge in [0.15, 0.2) is 22.7 Å². The number of nitrogen functional groups attached to an aromatic ring is 1. The SMILES string of the molecule is Nc1nc2nc(CCc3ccc(C(=O)C[C@H](CCC(=O)N[C@H](Cc4ccccc4)C(=O)N4C/C(=C\c5ccc([N+](=O)[O-])cc5)C(=O)/C(=C/c5ccc([N+](=O)[O-])cc5)C4)C(=O)O)cc3)cnc2c(=O)[nH]1. The third-order valence-electron chi connectivity index (χ3n) is 11.4. The molecular formula is C49H43N9O11. The molecule has 2 aromatic heterocycles. The number of amides is 2. The molecule has 350 valence electrons. The maximum absolute atomic E-state index is 14.6. The molecule has 20 nitrogen and oxygen atoms in total. The first-order chi connectivity index (χ1) is 33.1. The monoisotopic (exact) mass is 933 g/mol. The summed E-state index contributed by atoms with van der Waals surface area (Å²) < 4.78 is 0. The van der Waals surface area contributed by atoms with E-state index in [9.17, 15) is 54.1 Å². The number of likely N-dealkylation sites (tertiary alicyclic amines) is 1. The van der Waals surface area contributed by atoms with Gasteiger partial charge in [-0.05, 0) is 77.9 Å². The van der Waals surface area contributed by atoms with Gasteiger partial charge in [0.25, 0.3) is 16.9 Å². The molecule has 4 aromatic carbocycles. The molecule has 0 radical (unpaired) electrons. The number of aromatic amines is 1. The number of nitrogens with one attached hydrogen (secondary N) is 2. The lowest BCUT2D eigenvalue weighted by Crippen LogP contribution is -2.52. The summed E-state index contributed by atoms with van der Waals surface area (Å²) in [5.74, 6) is -4.69. The van der Waals surface area contributed by atoms with Gasteiger partial charge < -0.3 is 21.1 Å². The highest BCUT2D eigenvalue weighted by Crippen LogP contribution is 2.26. The van der Waals surface area contributed by atoms with Gasteiger partial charge in [-0.15, -0.1) is 0 Å². The van der Waals surface area contributed by atoms with Crippen LogP contribution in [0, 0.1) is 26.1 Å². The molecule has 3 heterocycles. The van der Waals surface area contributed by atoms with Gasteiger partial charge in [-0.25, -0.2) is 9.97 Å². The highest BCUT2D eigenvalue weighted by atomic mass is 16.6. The van der Waals surface area contributed by atoms with E-state index in [1.54, 1.807) is 54.6 Å². The molecule has 0 spiro atoms. The smallest absolute Gasteiger partial charge is 0.306 e. The molecule has 2 amide bonds. The minimum Gasteiger partial charge on any atom is -0.481 e. The number of hydrogen-bond acceptors (Lipinski definition) is 14. The molecule has 1 aliphatic heterocycles. The van der Waals surface area contributed by atoms with Gasteiger partial charge in [-0.3, -0.25) is 54.0 Å². The Bertz CT molecular complexity index is 3000. The molecular weight excluding hydrogens is 891 g/mol. The number of carboxylic acid groups (broad SMARTS) is 1. The van der Waals surface area contributed by atoms with Crippen molar-refractivity contribution in [3.8, 4) is 0 Å². The molecule has 1 fully saturated rings. The number of anilines is 1. The number of nitro benzene ring substituents is 2. The van der Waals surface area contributed by atoms with E-state index in [4.69, 9.17) is 5.73 Å². The first-order valence-corrected chi connectivity index (χ1v) is 21.5. The molecule has 0 unspecified atom stereocenters. The van der Waals surface area contributed by atoms with Crippen molar-refractivity contribution in [3.63, 3.8) is 0 Å². The fourth-order valence-corrected chi connectivity index (χ4v) is 7.70. The highest BCUT2D eigenvalue weighted by molar-refractivity contribution is 6.15. The van der Waals surface area contributed by atoms with Crippen LogP contribution in [0.5, 0.6) is 0 Å². The van der Waals surface area contributed by atoms with Crippen molar-refractivity contribution >= 4 is 70.0 Å². The number of carbonyl (C=O) groups is 5. The molecule has 6 aromatic rings. The number of nitrogens with two attached hydrogens (primary N) is 1. The van der Waals surface area contributed by atoms with E-state index in [0.717, 1.165) is 5.56 Å². The van der Waals surface area contributed by atoms with Gasteiger partial charge in [0.05, 0.1) is 21.5 Å². The molecule has 0 bridgehead atoms. The summed E-state index contributed by atoms with van der Waals surface area (Å²) in [5.41, 5.74) is 8.57. The topological polar surface area (TPSA) is 305 Å². The third kappa shape index (κ3) is 12.4. The number of aromatic nitrogens is 4. The number of aryl methyl sites for hydroxylation is 2. The summed E-state index contributed by atoms with van der Waals surface area (Å²) in [4.78, 5) is 118.